The lowest BCUT2D eigenvalue weighted by molar-refractivity contribution is -0.385. The maximum absolute atomic E-state index is 12.1. The van der Waals surface area contributed by atoms with Gasteiger partial charge < -0.3 is 5.11 Å². The summed E-state index contributed by atoms with van der Waals surface area (Å²) in [4.78, 5) is 22.4. The lowest BCUT2D eigenvalue weighted by Gasteiger charge is -2.05. The Morgan fingerprint density at radius 1 is 1.44 bits per heavy atom. The smallest absolute Gasteiger partial charge is 0.433 e. The summed E-state index contributed by atoms with van der Waals surface area (Å²) in [5.74, 6) is -1.89. The van der Waals surface area contributed by atoms with E-state index < -0.39 is 34.1 Å². The van der Waals surface area contributed by atoms with E-state index in [2.05, 4.69) is 4.98 Å². The molecule has 0 saturated carbocycles. The minimum Gasteiger partial charge on any atom is -0.476 e. The number of carboxylic acids is 1. The molecule has 9 heteroatoms. The third-order valence-corrected chi connectivity index (χ3v) is 1.56. The Balaban J connectivity index is 3.40. The van der Waals surface area contributed by atoms with E-state index in [9.17, 15) is 28.1 Å². The van der Waals surface area contributed by atoms with Crippen molar-refractivity contribution in [2.75, 3.05) is 0 Å². The van der Waals surface area contributed by atoms with E-state index in [4.69, 9.17) is 5.11 Å². The monoisotopic (exact) mass is 236 g/mol. The van der Waals surface area contributed by atoms with Crippen molar-refractivity contribution in [2.24, 2.45) is 0 Å². The normalized spacial score (nSPS) is 11.2. The Labute approximate surface area is 85.5 Å². The molecule has 1 aromatic heterocycles. The summed E-state index contributed by atoms with van der Waals surface area (Å²) in [7, 11) is 0. The van der Waals surface area contributed by atoms with Crippen LogP contribution in [0.3, 0.4) is 0 Å². The van der Waals surface area contributed by atoms with Gasteiger partial charge in [-0.25, -0.2) is 9.78 Å². The molecule has 0 fully saturated rings. The molecule has 1 aromatic rings. The first kappa shape index (κ1) is 11.9. The predicted octanol–water partition coefficient (Wildman–Crippen LogP) is 1.71. The average molecular weight is 236 g/mol. The van der Waals surface area contributed by atoms with Gasteiger partial charge in [0.05, 0.1) is 4.92 Å². The van der Waals surface area contributed by atoms with Crippen molar-refractivity contribution in [3.63, 3.8) is 0 Å². The first-order chi connectivity index (χ1) is 7.23. The molecule has 1 N–H and O–H groups in total. The van der Waals surface area contributed by atoms with Gasteiger partial charge in [-0.2, -0.15) is 13.2 Å². The minimum atomic E-state index is -4.85. The summed E-state index contributed by atoms with van der Waals surface area (Å²) in [5, 5.41) is 18.8. The molecule has 0 unspecified atom stereocenters. The Bertz CT molecular complexity index is 457. The summed E-state index contributed by atoms with van der Waals surface area (Å²) in [6.07, 6.45) is -4.85. The number of nitro groups is 1. The van der Waals surface area contributed by atoms with E-state index >= 15 is 0 Å². The van der Waals surface area contributed by atoms with Crippen LogP contribution in [0.15, 0.2) is 12.1 Å². The summed E-state index contributed by atoms with van der Waals surface area (Å²) in [5.41, 5.74) is -3.71. The van der Waals surface area contributed by atoms with E-state index in [1.165, 1.54) is 0 Å². The third-order valence-electron chi connectivity index (χ3n) is 1.56. The molecule has 6 nitrogen and oxygen atoms in total. The molecule has 1 rings (SSSR count). The van der Waals surface area contributed by atoms with E-state index in [0.717, 1.165) is 0 Å². The van der Waals surface area contributed by atoms with Crippen molar-refractivity contribution in [3.05, 3.63) is 33.6 Å². The highest BCUT2D eigenvalue weighted by Gasteiger charge is 2.35. The molecule has 1 heterocycles. The van der Waals surface area contributed by atoms with Gasteiger partial charge in [0.2, 0.25) is 5.69 Å². The second-order valence-electron chi connectivity index (χ2n) is 2.62. The molecule has 0 aliphatic carbocycles. The third kappa shape index (κ3) is 2.24. The molecule has 0 aliphatic heterocycles. The van der Waals surface area contributed by atoms with Crippen molar-refractivity contribution in [1.82, 2.24) is 4.98 Å². The fraction of sp³-hybridized carbons (Fsp3) is 0.143. The van der Waals surface area contributed by atoms with Crippen LogP contribution < -0.4 is 0 Å². The zero-order valence-electron chi connectivity index (χ0n) is 7.35. The molecule has 0 aromatic carbocycles. The number of halogens is 3. The van der Waals surface area contributed by atoms with E-state index in [-0.39, 0.29) is 0 Å². The van der Waals surface area contributed by atoms with E-state index in [1.807, 2.05) is 0 Å². The molecular weight excluding hydrogens is 233 g/mol. The maximum atomic E-state index is 12.1. The van der Waals surface area contributed by atoms with Crippen molar-refractivity contribution in [3.8, 4) is 0 Å². The van der Waals surface area contributed by atoms with Crippen LogP contribution in [0.4, 0.5) is 18.9 Å². The van der Waals surface area contributed by atoms with Crippen LogP contribution in [-0.2, 0) is 6.18 Å². The van der Waals surface area contributed by atoms with Crippen molar-refractivity contribution < 1.29 is 28.0 Å². The molecule has 0 spiro atoms. The first-order valence-electron chi connectivity index (χ1n) is 3.69. The van der Waals surface area contributed by atoms with Crippen LogP contribution in [0.2, 0.25) is 0 Å². The van der Waals surface area contributed by atoms with Crippen molar-refractivity contribution >= 4 is 11.7 Å². The summed E-state index contributed by atoms with van der Waals surface area (Å²) in [6, 6.07) is 0.809. The van der Waals surface area contributed by atoms with Crippen LogP contribution in [-0.4, -0.2) is 21.0 Å². The number of hydrogen-bond donors (Lipinski definition) is 1. The number of pyridine rings is 1. The van der Waals surface area contributed by atoms with E-state index in [0.29, 0.717) is 12.1 Å². The van der Waals surface area contributed by atoms with Gasteiger partial charge in [-0.3, -0.25) is 10.1 Å². The molecule has 0 radical (unpaired) electrons. The fourth-order valence-corrected chi connectivity index (χ4v) is 0.914. The predicted molar refractivity (Wildman–Crippen MR) is 42.9 cm³/mol. The lowest BCUT2D eigenvalue weighted by Crippen LogP contribution is -2.13. The van der Waals surface area contributed by atoms with Gasteiger partial charge >= 0.3 is 17.8 Å². The minimum absolute atomic E-state index is 0.352. The van der Waals surface area contributed by atoms with Gasteiger partial charge in [-0.05, 0) is 6.07 Å². The number of rotatable bonds is 2. The second kappa shape index (κ2) is 3.76. The number of carbonyl (C=O) groups is 1. The van der Waals surface area contributed by atoms with Crippen molar-refractivity contribution in [2.45, 2.75) is 6.18 Å². The number of hydrogen-bond acceptors (Lipinski definition) is 4. The van der Waals surface area contributed by atoms with Crippen LogP contribution in [0, 0.1) is 10.1 Å². The second-order valence-corrected chi connectivity index (χ2v) is 2.62. The summed E-state index contributed by atoms with van der Waals surface area (Å²) in [6.45, 7) is 0. The molecule has 0 saturated heterocycles. The molecular formula is C7H3F3N2O4. The molecule has 0 amide bonds. The fourth-order valence-electron chi connectivity index (χ4n) is 0.914. The molecule has 86 valence electrons. The van der Waals surface area contributed by atoms with Crippen LogP contribution in [0.1, 0.15) is 16.2 Å². The Morgan fingerprint density at radius 3 is 2.38 bits per heavy atom. The van der Waals surface area contributed by atoms with Gasteiger partial charge in [0.1, 0.15) is 5.69 Å². The van der Waals surface area contributed by atoms with Gasteiger partial charge in [0, 0.05) is 6.07 Å². The Kier molecular flexibility index (Phi) is 2.79. The summed E-state index contributed by atoms with van der Waals surface area (Å²) >= 11 is 0. The number of nitrogens with zero attached hydrogens (tertiary/aromatic N) is 2. The van der Waals surface area contributed by atoms with Crippen LogP contribution in [0.5, 0.6) is 0 Å². The number of alkyl halides is 3. The van der Waals surface area contributed by atoms with Crippen LogP contribution in [0.25, 0.3) is 0 Å². The SMILES string of the molecule is O=C(O)c1nc(C(F)(F)F)ccc1[N+](=O)[O-]. The maximum Gasteiger partial charge on any atom is 0.433 e. The number of carboxylic acid groups (broad SMARTS) is 1. The average Bonchev–Trinajstić information content (AvgIpc) is 2.15. The Morgan fingerprint density at radius 2 is 2.00 bits per heavy atom. The number of aromatic carboxylic acids is 1. The first-order valence-corrected chi connectivity index (χ1v) is 3.69. The molecule has 0 bridgehead atoms. The Hall–Kier alpha value is -2.19. The van der Waals surface area contributed by atoms with Gasteiger partial charge in [-0.15, -0.1) is 0 Å². The quantitative estimate of drug-likeness (QED) is 0.623. The topological polar surface area (TPSA) is 93.3 Å². The standard InChI is InChI=1S/C7H3F3N2O4/c8-7(9,10)4-2-1-3(12(15)16)5(11-4)6(13)14/h1-2H,(H,13,14). The zero-order chi connectivity index (χ0) is 12.5. The lowest BCUT2D eigenvalue weighted by atomic mass is 10.2. The molecule has 16 heavy (non-hydrogen) atoms. The number of aromatic nitrogens is 1. The van der Waals surface area contributed by atoms with Gasteiger partial charge in [0.15, 0.2) is 0 Å². The van der Waals surface area contributed by atoms with Gasteiger partial charge in [0.25, 0.3) is 0 Å². The summed E-state index contributed by atoms with van der Waals surface area (Å²) < 4.78 is 36.4. The highest BCUT2D eigenvalue weighted by molar-refractivity contribution is 5.90. The van der Waals surface area contributed by atoms with Crippen molar-refractivity contribution in [1.29, 1.82) is 0 Å². The van der Waals surface area contributed by atoms with Crippen LogP contribution >= 0.6 is 0 Å². The zero-order valence-corrected chi connectivity index (χ0v) is 7.35. The molecule has 0 aliphatic rings. The molecule has 0 atom stereocenters. The largest absolute Gasteiger partial charge is 0.476 e. The highest BCUT2D eigenvalue weighted by atomic mass is 19.4. The van der Waals surface area contributed by atoms with Gasteiger partial charge in [-0.1, -0.05) is 0 Å². The van der Waals surface area contributed by atoms with E-state index in [1.54, 1.807) is 0 Å². The highest BCUT2D eigenvalue weighted by Crippen LogP contribution is 2.29.